The maximum Gasteiger partial charge on any atom is 0.338 e. The molecule has 1 N–H and O–H groups in total. The summed E-state index contributed by atoms with van der Waals surface area (Å²) < 4.78 is 6.55. The molecule has 1 saturated heterocycles. The maximum absolute atomic E-state index is 12.2. The normalized spacial score (nSPS) is 13.3. The highest BCUT2D eigenvalue weighted by molar-refractivity contribution is 5.95. The van der Waals surface area contributed by atoms with Crippen LogP contribution >= 0.6 is 0 Å². The lowest BCUT2D eigenvalue weighted by Crippen LogP contribution is -2.21. The van der Waals surface area contributed by atoms with Crippen molar-refractivity contribution in [3.63, 3.8) is 0 Å². The second kappa shape index (κ2) is 8.51. The summed E-state index contributed by atoms with van der Waals surface area (Å²) in [5, 5.41) is 13.6. The first kappa shape index (κ1) is 18.6. The Morgan fingerprint density at radius 1 is 1.03 bits per heavy atom. The number of aromatic nitrogens is 4. The lowest BCUT2D eigenvalue weighted by atomic mass is 10.2. The van der Waals surface area contributed by atoms with E-state index in [0.29, 0.717) is 16.9 Å². The van der Waals surface area contributed by atoms with Crippen LogP contribution in [0.4, 0.5) is 11.4 Å². The summed E-state index contributed by atoms with van der Waals surface area (Å²) >= 11 is 0. The number of amides is 1. The van der Waals surface area contributed by atoms with Crippen molar-refractivity contribution in [2.75, 3.05) is 29.9 Å². The van der Waals surface area contributed by atoms with Gasteiger partial charge in [-0.15, -0.1) is 5.10 Å². The van der Waals surface area contributed by atoms with Crippen LogP contribution in [-0.4, -0.2) is 51.8 Å². The molecular formula is C20H20N6O3. The summed E-state index contributed by atoms with van der Waals surface area (Å²) in [4.78, 5) is 26.7. The van der Waals surface area contributed by atoms with Crippen LogP contribution in [0.1, 0.15) is 23.2 Å². The van der Waals surface area contributed by atoms with Crippen LogP contribution in [0.25, 0.3) is 5.69 Å². The zero-order valence-corrected chi connectivity index (χ0v) is 15.7. The minimum absolute atomic E-state index is 0.306. The number of hydrogen-bond donors (Lipinski definition) is 1. The summed E-state index contributed by atoms with van der Waals surface area (Å²) in [7, 11) is 0. The van der Waals surface area contributed by atoms with Crippen molar-refractivity contribution < 1.29 is 14.3 Å². The van der Waals surface area contributed by atoms with E-state index >= 15 is 0 Å². The van der Waals surface area contributed by atoms with Gasteiger partial charge in [-0.2, -0.15) is 0 Å². The Morgan fingerprint density at radius 3 is 2.55 bits per heavy atom. The zero-order chi connectivity index (χ0) is 20.1. The molecule has 3 aromatic rings. The molecule has 2 aromatic carbocycles. The topological polar surface area (TPSA) is 102 Å². The molecule has 0 aliphatic carbocycles. The molecule has 1 aliphatic rings. The van der Waals surface area contributed by atoms with E-state index in [1.807, 2.05) is 24.3 Å². The zero-order valence-electron chi connectivity index (χ0n) is 15.7. The van der Waals surface area contributed by atoms with Crippen LogP contribution in [0.5, 0.6) is 0 Å². The number of carbonyl (C=O) groups is 2. The minimum atomic E-state index is -0.598. The molecule has 4 rings (SSSR count). The van der Waals surface area contributed by atoms with Gasteiger partial charge < -0.3 is 15.0 Å². The number of tetrazole rings is 1. The number of nitrogens with one attached hydrogen (secondary N) is 1. The third-order valence-corrected chi connectivity index (χ3v) is 4.65. The van der Waals surface area contributed by atoms with E-state index in [-0.39, 0.29) is 6.61 Å². The molecule has 1 aromatic heterocycles. The second-order valence-corrected chi connectivity index (χ2v) is 6.67. The van der Waals surface area contributed by atoms with Crippen LogP contribution in [-0.2, 0) is 9.53 Å². The van der Waals surface area contributed by atoms with E-state index in [2.05, 4.69) is 25.7 Å². The van der Waals surface area contributed by atoms with Gasteiger partial charge in [0.05, 0.1) is 11.3 Å². The van der Waals surface area contributed by atoms with E-state index in [1.54, 1.807) is 24.3 Å². The standard InChI is InChI=1S/C20H20N6O3/c27-19(22-16-6-8-17(9-7-16)25-10-1-2-11-25)13-29-20(28)15-4-3-5-18(12-15)26-14-21-23-24-26/h3-9,12,14H,1-2,10-11,13H2,(H,22,27). The molecular weight excluding hydrogens is 372 g/mol. The number of rotatable bonds is 6. The molecule has 1 aliphatic heterocycles. The Hall–Kier alpha value is -3.75. The molecule has 9 nitrogen and oxygen atoms in total. The molecule has 0 bridgehead atoms. The fourth-order valence-corrected chi connectivity index (χ4v) is 3.20. The highest BCUT2D eigenvalue weighted by atomic mass is 16.5. The number of anilines is 2. The van der Waals surface area contributed by atoms with Gasteiger partial charge in [0.1, 0.15) is 6.33 Å². The van der Waals surface area contributed by atoms with Crippen molar-refractivity contribution in [3.05, 3.63) is 60.4 Å². The highest BCUT2D eigenvalue weighted by Crippen LogP contribution is 2.22. The van der Waals surface area contributed by atoms with Crippen molar-refractivity contribution in [2.45, 2.75) is 12.8 Å². The molecule has 1 amide bonds. The molecule has 0 saturated carbocycles. The van der Waals surface area contributed by atoms with Gasteiger partial charge in [0.25, 0.3) is 5.91 Å². The van der Waals surface area contributed by atoms with Crippen LogP contribution in [0.15, 0.2) is 54.9 Å². The molecule has 148 valence electrons. The Morgan fingerprint density at radius 2 is 1.83 bits per heavy atom. The van der Waals surface area contributed by atoms with E-state index < -0.39 is 11.9 Å². The van der Waals surface area contributed by atoms with E-state index in [1.165, 1.54) is 23.9 Å². The van der Waals surface area contributed by atoms with Crippen molar-refractivity contribution in [2.24, 2.45) is 0 Å². The van der Waals surface area contributed by atoms with Crippen molar-refractivity contribution in [3.8, 4) is 5.69 Å². The third kappa shape index (κ3) is 4.57. The molecule has 0 radical (unpaired) electrons. The molecule has 2 heterocycles. The SMILES string of the molecule is O=C(COC(=O)c1cccc(-n2cnnn2)c1)Nc1ccc(N2CCCC2)cc1. The van der Waals surface area contributed by atoms with Gasteiger partial charge >= 0.3 is 5.97 Å². The average molecular weight is 392 g/mol. The summed E-state index contributed by atoms with van der Waals surface area (Å²) in [6, 6.07) is 14.3. The fourth-order valence-electron chi connectivity index (χ4n) is 3.20. The number of hydrogen-bond acceptors (Lipinski definition) is 7. The predicted molar refractivity (Wildman–Crippen MR) is 106 cm³/mol. The van der Waals surface area contributed by atoms with Gasteiger partial charge in [0.15, 0.2) is 6.61 Å². The third-order valence-electron chi connectivity index (χ3n) is 4.65. The number of ether oxygens (including phenoxy) is 1. The van der Waals surface area contributed by atoms with Crippen LogP contribution in [0, 0.1) is 0 Å². The quantitative estimate of drug-likeness (QED) is 0.641. The number of esters is 1. The molecule has 1 fully saturated rings. The smallest absolute Gasteiger partial charge is 0.338 e. The average Bonchev–Trinajstić information content (AvgIpc) is 3.47. The van der Waals surface area contributed by atoms with Gasteiger partial charge in [0, 0.05) is 24.5 Å². The Kier molecular flexibility index (Phi) is 5.46. The monoisotopic (exact) mass is 392 g/mol. The fraction of sp³-hybridized carbons (Fsp3) is 0.250. The molecule has 0 unspecified atom stereocenters. The predicted octanol–water partition coefficient (Wildman–Crippen LogP) is 2.06. The van der Waals surface area contributed by atoms with Gasteiger partial charge in [-0.1, -0.05) is 6.07 Å². The Bertz CT molecular complexity index is 982. The van der Waals surface area contributed by atoms with Gasteiger partial charge in [-0.25, -0.2) is 9.48 Å². The van der Waals surface area contributed by atoms with Crippen LogP contribution in [0.2, 0.25) is 0 Å². The minimum Gasteiger partial charge on any atom is -0.452 e. The van der Waals surface area contributed by atoms with E-state index in [0.717, 1.165) is 18.8 Å². The summed E-state index contributed by atoms with van der Waals surface area (Å²) in [6.45, 7) is 1.76. The summed E-state index contributed by atoms with van der Waals surface area (Å²) in [6.07, 6.45) is 3.85. The summed E-state index contributed by atoms with van der Waals surface area (Å²) in [5.41, 5.74) is 2.73. The molecule has 9 heteroatoms. The van der Waals surface area contributed by atoms with Crippen molar-refractivity contribution >= 4 is 23.3 Å². The molecule has 0 atom stereocenters. The Labute approximate surface area is 167 Å². The van der Waals surface area contributed by atoms with E-state index in [9.17, 15) is 9.59 Å². The van der Waals surface area contributed by atoms with Crippen molar-refractivity contribution in [1.82, 2.24) is 20.2 Å². The van der Waals surface area contributed by atoms with E-state index in [4.69, 9.17) is 4.74 Å². The summed E-state index contributed by atoms with van der Waals surface area (Å²) in [5.74, 6) is -0.997. The largest absolute Gasteiger partial charge is 0.452 e. The van der Waals surface area contributed by atoms with Gasteiger partial charge in [-0.3, -0.25) is 4.79 Å². The number of benzene rings is 2. The van der Waals surface area contributed by atoms with Crippen LogP contribution in [0.3, 0.4) is 0 Å². The highest BCUT2D eigenvalue weighted by Gasteiger charge is 2.14. The lowest BCUT2D eigenvalue weighted by Gasteiger charge is -2.17. The van der Waals surface area contributed by atoms with Crippen LogP contribution < -0.4 is 10.2 Å². The molecule has 0 spiro atoms. The first-order valence-corrected chi connectivity index (χ1v) is 9.34. The van der Waals surface area contributed by atoms with Gasteiger partial charge in [0.2, 0.25) is 0 Å². The van der Waals surface area contributed by atoms with Crippen molar-refractivity contribution in [1.29, 1.82) is 0 Å². The molecule has 29 heavy (non-hydrogen) atoms. The first-order valence-electron chi connectivity index (χ1n) is 9.34. The van der Waals surface area contributed by atoms with Gasteiger partial charge in [-0.05, 0) is 65.7 Å². The number of carbonyl (C=O) groups excluding carboxylic acids is 2. The maximum atomic E-state index is 12.2. The first-order chi connectivity index (χ1) is 14.2. The number of nitrogens with zero attached hydrogens (tertiary/aromatic N) is 5. The second-order valence-electron chi connectivity index (χ2n) is 6.67. The lowest BCUT2D eigenvalue weighted by molar-refractivity contribution is -0.119. The Balaban J connectivity index is 1.30.